The Morgan fingerprint density at radius 3 is 2.31 bits per heavy atom. The van der Waals surface area contributed by atoms with Crippen molar-refractivity contribution in [2.75, 3.05) is 11.9 Å². The molecular formula is C20H23F2N3O4. The van der Waals surface area contributed by atoms with Crippen LogP contribution >= 0.6 is 0 Å². The predicted molar refractivity (Wildman–Crippen MR) is 104 cm³/mol. The number of halogens is 2. The SMILES string of the molecule is NCCCC[C@H](NC(=O)Nc1ccc(OCc2c(F)cccc2F)cc1)C(=O)O. The molecule has 5 N–H and O–H groups in total. The molecule has 0 aliphatic rings. The maximum absolute atomic E-state index is 13.6. The maximum Gasteiger partial charge on any atom is 0.326 e. The number of benzene rings is 2. The van der Waals surface area contributed by atoms with Crippen LogP contribution < -0.4 is 21.1 Å². The fraction of sp³-hybridized carbons (Fsp3) is 0.300. The summed E-state index contributed by atoms with van der Waals surface area (Å²) in [6, 6.07) is 7.98. The second-order valence-electron chi connectivity index (χ2n) is 6.29. The van der Waals surface area contributed by atoms with Gasteiger partial charge in [-0.25, -0.2) is 18.4 Å². The van der Waals surface area contributed by atoms with E-state index in [-0.39, 0.29) is 18.6 Å². The van der Waals surface area contributed by atoms with Crippen LogP contribution in [0.3, 0.4) is 0 Å². The van der Waals surface area contributed by atoms with Gasteiger partial charge in [0.25, 0.3) is 0 Å². The van der Waals surface area contributed by atoms with Gasteiger partial charge in [-0.05, 0) is 62.2 Å². The third kappa shape index (κ3) is 7.04. The summed E-state index contributed by atoms with van der Waals surface area (Å²) in [5.74, 6) is -2.16. The number of carboxylic acid groups (broad SMARTS) is 1. The Hall–Kier alpha value is -3.20. The molecule has 156 valence electrons. The number of amides is 2. The number of rotatable bonds is 10. The molecule has 29 heavy (non-hydrogen) atoms. The molecule has 2 aromatic rings. The van der Waals surface area contributed by atoms with Crippen LogP contribution in [0.5, 0.6) is 5.75 Å². The maximum atomic E-state index is 13.6. The number of unbranched alkanes of at least 4 members (excludes halogenated alkanes) is 1. The zero-order valence-electron chi connectivity index (χ0n) is 15.7. The van der Waals surface area contributed by atoms with E-state index in [0.29, 0.717) is 30.8 Å². The summed E-state index contributed by atoms with van der Waals surface area (Å²) in [4.78, 5) is 23.2. The molecular weight excluding hydrogens is 384 g/mol. The first-order valence-corrected chi connectivity index (χ1v) is 9.07. The zero-order chi connectivity index (χ0) is 21.2. The monoisotopic (exact) mass is 407 g/mol. The van der Waals surface area contributed by atoms with E-state index in [9.17, 15) is 23.5 Å². The van der Waals surface area contributed by atoms with Crippen molar-refractivity contribution in [2.45, 2.75) is 31.9 Å². The highest BCUT2D eigenvalue weighted by Gasteiger charge is 2.19. The van der Waals surface area contributed by atoms with Crippen LogP contribution in [0.15, 0.2) is 42.5 Å². The molecule has 1 atom stereocenters. The van der Waals surface area contributed by atoms with Crippen LogP contribution in [0.25, 0.3) is 0 Å². The summed E-state index contributed by atoms with van der Waals surface area (Å²) in [5, 5.41) is 14.1. The van der Waals surface area contributed by atoms with E-state index >= 15 is 0 Å². The average molecular weight is 407 g/mol. The molecule has 9 heteroatoms. The van der Waals surface area contributed by atoms with Gasteiger partial charge in [0.15, 0.2) is 0 Å². The van der Waals surface area contributed by atoms with Gasteiger partial charge in [0.05, 0.1) is 5.56 Å². The minimum Gasteiger partial charge on any atom is -0.489 e. The molecule has 7 nitrogen and oxygen atoms in total. The van der Waals surface area contributed by atoms with Gasteiger partial charge in [0.1, 0.15) is 30.0 Å². The van der Waals surface area contributed by atoms with Crippen LogP contribution in [0.2, 0.25) is 0 Å². The second kappa shape index (κ2) is 11.0. The van der Waals surface area contributed by atoms with Crippen molar-refractivity contribution in [3.63, 3.8) is 0 Å². The number of carbonyl (C=O) groups is 2. The summed E-state index contributed by atoms with van der Waals surface area (Å²) in [5.41, 5.74) is 5.60. The van der Waals surface area contributed by atoms with Crippen molar-refractivity contribution < 1.29 is 28.2 Å². The lowest BCUT2D eigenvalue weighted by Crippen LogP contribution is -2.43. The van der Waals surface area contributed by atoms with Crippen molar-refractivity contribution in [3.05, 3.63) is 59.7 Å². The van der Waals surface area contributed by atoms with Crippen LogP contribution in [-0.2, 0) is 11.4 Å². The lowest BCUT2D eigenvalue weighted by atomic mass is 10.1. The fourth-order valence-corrected chi connectivity index (χ4v) is 2.54. The Morgan fingerprint density at radius 2 is 1.72 bits per heavy atom. The van der Waals surface area contributed by atoms with Gasteiger partial charge in [-0.3, -0.25) is 0 Å². The number of ether oxygens (including phenoxy) is 1. The van der Waals surface area contributed by atoms with E-state index in [0.717, 1.165) is 12.1 Å². The number of urea groups is 1. The molecule has 0 aliphatic heterocycles. The van der Waals surface area contributed by atoms with E-state index in [2.05, 4.69) is 10.6 Å². The van der Waals surface area contributed by atoms with Crippen LogP contribution in [0, 0.1) is 11.6 Å². The van der Waals surface area contributed by atoms with E-state index in [1.165, 1.54) is 30.3 Å². The highest BCUT2D eigenvalue weighted by Crippen LogP contribution is 2.19. The van der Waals surface area contributed by atoms with Crippen LogP contribution in [0.4, 0.5) is 19.3 Å². The lowest BCUT2D eigenvalue weighted by Gasteiger charge is -2.15. The van der Waals surface area contributed by atoms with Gasteiger partial charge in [-0.1, -0.05) is 6.07 Å². The number of nitrogens with one attached hydrogen (secondary N) is 2. The quantitative estimate of drug-likeness (QED) is 0.452. The van der Waals surface area contributed by atoms with Crippen molar-refractivity contribution in [2.24, 2.45) is 5.73 Å². The number of carboxylic acids is 1. The summed E-state index contributed by atoms with van der Waals surface area (Å²) in [7, 11) is 0. The number of carbonyl (C=O) groups excluding carboxylic acids is 1. The van der Waals surface area contributed by atoms with E-state index < -0.39 is 29.7 Å². The molecule has 0 radical (unpaired) electrons. The van der Waals surface area contributed by atoms with Gasteiger partial charge < -0.3 is 26.2 Å². The van der Waals surface area contributed by atoms with Gasteiger partial charge in [0.2, 0.25) is 0 Å². The molecule has 2 aromatic carbocycles. The molecule has 0 bridgehead atoms. The number of hydrogen-bond donors (Lipinski definition) is 4. The van der Waals surface area contributed by atoms with Gasteiger partial charge >= 0.3 is 12.0 Å². The molecule has 0 spiro atoms. The fourth-order valence-electron chi connectivity index (χ4n) is 2.54. The standard InChI is InChI=1S/C20H23F2N3O4/c21-16-4-3-5-17(22)15(16)12-29-14-9-7-13(8-10-14)24-20(28)25-18(19(26)27)6-1-2-11-23/h3-5,7-10,18H,1-2,6,11-12,23H2,(H,26,27)(H2,24,25,28)/t18-/m0/s1. The number of nitrogens with two attached hydrogens (primary N) is 1. The van der Waals surface area contributed by atoms with Gasteiger partial charge in [-0.15, -0.1) is 0 Å². The number of anilines is 1. The van der Waals surface area contributed by atoms with Gasteiger partial charge in [-0.2, -0.15) is 0 Å². The molecule has 0 unspecified atom stereocenters. The number of hydrogen-bond acceptors (Lipinski definition) is 4. The third-order valence-electron chi connectivity index (χ3n) is 4.11. The Balaban J connectivity index is 1.87. The molecule has 0 heterocycles. The normalized spacial score (nSPS) is 11.6. The topological polar surface area (TPSA) is 114 Å². The molecule has 0 aliphatic carbocycles. The minimum atomic E-state index is -1.12. The third-order valence-corrected chi connectivity index (χ3v) is 4.11. The molecule has 0 fully saturated rings. The first-order valence-electron chi connectivity index (χ1n) is 9.07. The summed E-state index contributed by atoms with van der Waals surface area (Å²) >= 11 is 0. The van der Waals surface area contributed by atoms with Crippen molar-refractivity contribution in [3.8, 4) is 5.75 Å². The number of aliphatic carboxylic acids is 1. The zero-order valence-corrected chi connectivity index (χ0v) is 15.7. The van der Waals surface area contributed by atoms with Crippen LogP contribution in [0.1, 0.15) is 24.8 Å². The highest BCUT2D eigenvalue weighted by molar-refractivity contribution is 5.92. The average Bonchev–Trinajstić information content (AvgIpc) is 2.68. The Bertz CT molecular complexity index is 811. The first kappa shape index (κ1) is 22.1. The van der Waals surface area contributed by atoms with Gasteiger partial charge in [0, 0.05) is 5.69 Å². The highest BCUT2D eigenvalue weighted by atomic mass is 19.1. The molecule has 2 amide bonds. The summed E-state index contributed by atoms with van der Waals surface area (Å²) in [6.45, 7) is 0.172. The lowest BCUT2D eigenvalue weighted by molar-refractivity contribution is -0.139. The van der Waals surface area contributed by atoms with Crippen LogP contribution in [-0.4, -0.2) is 29.7 Å². The Kier molecular flexibility index (Phi) is 8.35. The minimum absolute atomic E-state index is 0.177. The van der Waals surface area contributed by atoms with Crippen molar-refractivity contribution >= 4 is 17.7 Å². The predicted octanol–water partition coefficient (Wildman–Crippen LogP) is 3.25. The molecule has 0 aromatic heterocycles. The van der Waals surface area contributed by atoms with E-state index in [1.807, 2.05) is 0 Å². The van der Waals surface area contributed by atoms with E-state index in [4.69, 9.17) is 10.5 Å². The van der Waals surface area contributed by atoms with Crippen molar-refractivity contribution in [1.82, 2.24) is 5.32 Å². The van der Waals surface area contributed by atoms with E-state index in [1.54, 1.807) is 0 Å². The Morgan fingerprint density at radius 1 is 1.07 bits per heavy atom. The first-order chi connectivity index (χ1) is 13.9. The van der Waals surface area contributed by atoms with Crippen molar-refractivity contribution in [1.29, 1.82) is 0 Å². The smallest absolute Gasteiger partial charge is 0.326 e. The summed E-state index contributed by atoms with van der Waals surface area (Å²) in [6.07, 6.45) is 1.53. The molecule has 2 rings (SSSR count). The molecule has 0 saturated heterocycles. The largest absolute Gasteiger partial charge is 0.489 e. The summed E-state index contributed by atoms with van der Waals surface area (Å²) < 4.78 is 32.6. The second-order valence-corrected chi connectivity index (χ2v) is 6.29. The molecule has 0 saturated carbocycles. The Labute approximate surface area is 166 Å².